The molecule has 170 valence electrons. The van der Waals surface area contributed by atoms with Crippen molar-refractivity contribution >= 4 is 28.3 Å². The maximum Gasteiger partial charge on any atom is 0.416 e. The first-order valence-corrected chi connectivity index (χ1v) is 10.4. The van der Waals surface area contributed by atoms with Gasteiger partial charge in [-0.15, -0.1) is 0 Å². The summed E-state index contributed by atoms with van der Waals surface area (Å²) in [6.45, 7) is 0.732. The molecule has 1 aliphatic rings. The zero-order valence-electron chi connectivity index (χ0n) is 17.3. The lowest BCUT2D eigenvalue weighted by Gasteiger charge is -2.33. The lowest BCUT2D eigenvalue weighted by atomic mass is 9.89. The van der Waals surface area contributed by atoms with Gasteiger partial charge < -0.3 is 10.6 Å². The molecule has 0 aliphatic carbocycles. The van der Waals surface area contributed by atoms with Gasteiger partial charge in [-0.1, -0.05) is 12.1 Å². The molecular weight excluding hydrogens is 438 g/mol. The molecule has 2 N–H and O–H groups in total. The standard InChI is InChI=1S/C23H19F4N5O/c24-17-9-18-19(32-12-29-10-20(32)21(28)30-18)8-16(17)22(33)31-7-1-2-14(11-31)13-3-5-15(6-4-13)23(25,26)27/h3-6,8-10,12,14H,1-2,7,11H2,(H2,28,30). The van der Waals surface area contributed by atoms with Gasteiger partial charge in [0, 0.05) is 25.1 Å². The molecular formula is C23H19F4N5O. The van der Waals surface area contributed by atoms with Gasteiger partial charge >= 0.3 is 6.18 Å². The Bertz CT molecular complexity index is 1360. The van der Waals surface area contributed by atoms with Gasteiger partial charge in [-0.3, -0.25) is 9.20 Å². The molecule has 1 unspecified atom stereocenters. The molecule has 2 aromatic carbocycles. The van der Waals surface area contributed by atoms with Crippen LogP contribution < -0.4 is 5.73 Å². The van der Waals surface area contributed by atoms with Crippen molar-refractivity contribution in [3.8, 4) is 0 Å². The number of likely N-dealkylation sites (tertiary alicyclic amines) is 1. The highest BCUT2D eigenvalue weighted by Gasteiger charge is 2.31. The smallest absolute Gasteiger partial charge is 0.382 e. The summed E-state index contributed by atoms with van der Waals surface area (Å²) in [5.41, 5.74) is 7.16. The van der Waals surface area contributed by atoms with Gasteiger partial charge in [-0.25, -0.2) is 14.4 Å². The highest BCUT2D eigenvalue weighted by Crippen LogP contribution is 2.33. The lowest BCUT2D eigenvalue weighted by molar-refractivity contribution is -0.137. The number of nitrogen functional groups attached to an aromatic ring is 1. The molecule has 10 heteroatoms. The summed E-state index contributed by atoms with van der Waals surface area (Å²) < 4.78 is 55.1. The van der Waals surface area contributed by atoms with Crippen molar-refractivity contribution in [3.63, 3.8) is 0 Å². The number of anilines is 1. The van der Waals surface area contributed by atoms with Gasteiger partial charge in [0.25, 0.3) is 5.91 Å². The molecule has 1 aliphatic heterocycles. The number of benzene rings is 2. The largest absolute Gasteiger partial charge is 0.416 e. The number of nitrogens with two attached hydrogens (primary N) is 1. The molecule has 0 spiro atoms. The van der Waals surface area contributed by atoms with E-state index in [0.29, 0.717) is 36.1 Å². The van der Waals surface area contributed by atoms with Crippen LogP contribution in [0.2, 0.25) is 0 Å². The minimum Gasteiger partial charge on any atom is -0.382 e. The highest BCUT2D eigenvalue weighted by atomic mass is 19.4. The molecule has 1 saturated heterocycles. The van der Waals surface area contributed by atoms with Crippen molar-refractivity contribution in [1.29, 1.82) is 0 Å². The lowest BCUT2D eigenvalue weighted by Crippen LogP contribution is -2.39. The van der Waals surface area contributed by atoms with E-state index < -0.39 is 23.5 Å². The number of alkyl halides is 3. The Morgan fingerprint density at radius 2 is 1.88 bits per heavy atom. The summed E-state index contributed by atoms with van der Waals surface area (Å²) in [5.74, 6) is -1.11. The number of imidazole rings is 1. The Labute approximate surface area is 185 Å². The molecule has 5 rings (SSSR count). The summed E-state index contributed by atoms with van der Waals surface area (Å²) in [6, 6.07) is 7.61. The van der Waals surface area contributed by atoms with Gasteiger partial charge in [0.15, 0.2) is 0 Å². The minimum absolute atomic E-state index is 0.0999. The third-order valence-electron chi connectivity index (χ3n) is 6.11. The molecule has 1 fully saturated rings. The fourth-order valence-corrected chi connectivity index (χ4v) is 4.41. The van der Waals surface area contributed by atoms with Crippen LogP contribution in [0.1, 0.15) is 40.2 Å². The monoisotopic (exact) mass is 457 g/mol. The third-order valence-corrected chi connectivity index (χ3v) is 6.11. The van der Waals surface area contributed by atoms with Gasteiger partial charge in [-0.05, 0) is 36.6 Å². The van der Waals surface area contributed by atoms with E-state index in [1.54, 1.807) is 9.30 Å². The summed E-state index contributed by atoms with van der Waals surface area (Å²) in [7, 11) is 0. The van der Waals surface area contributed by atoms with Crippen molar-refractivity contribution < 1.29 is 22.4 Å². The van der Waals surface area contributed by atoms with Crippen molar-refractivity contribution in [2.45, 2.75) is 24.9 Å². The number of halogens is 4. The summed E-state index contributed by atoms with van der Waals surface area (Å²) in [4.78, 5) is 23.0. The van der Waals surface area contributed by atoms with Crippen LogP contribution in [-0.2, 0) is 6.18 Å². The second-order valence-electron chi connectivity index (χ2n) is 8.18. The maximum absolute atomic E-state index is 14.9. The highest BCUT2D eigenvalue weighted by molar-refractivity contribution is 5.98. The molecule has 2 aromatic heterocycles. The van der Waals surface area contributed by atoms with E-state index in [9.17, 15) is 22.4 Å². The van der Waals surface area contributed by atoms with Crippen molar-refractivity contribution in [3.05, 3.63) is 71.4 Å². The molecule has 3 heterocycles. The predicted octanol–water partition coefficient (Wildman–Crippen LogP) is 4.64. The number of rotatable bonds is 2. The second kappa shape index (κ2) is 7.72. The quantitative estimate of drug-likeness (QED) is 0.445. The van der Waals surface area contributed by atoms with Crippen molar-refractivity contribution in [1.82, 2.24) is 19.3 Å². The fourth-order valence-electron chi connectivity index (χ4n) is 4.41. The molecule has 6 nitrogen and oxygen atoms in total. The molecule has 33 heavy (non-hydrogen) atoms. The van der Waals surface area contributed by atoms with Crippen LogP contribution >= 0.6 is 0 Å². The number of fused-ring (bicyclic) bond motifs is 3. The zero-order valence-corrected chi connectivity index (χ0v) is 17.3. The van der Waals surface area contributed by atoms with Crippen LogP contribution in [0.3, 0.4) is 0 Å². The fraction of sp³-hybridized carbons (Fsp3) is 0.261. The first-order chi connectivity index (χ1) is 15.7. The van der Waals surface area contributed by atoms with Crippen LogP contribution in [0.25, 0.3) is 16.6 Å². The molecule has 0 bridgehead atoms. The minimum atomic E-state index is -4.40. The number of nitrogens with zero attached hydrogens (tertiary/aromatic N) is 4. The van der Waals surface area contributed by atoms with Crippen LogP contribution in [0, 0.1) is 5.82 Å². The SMILES string of the molecule is Nc1nc2cc(F)c(C(=O)N3CCCC(c4ccc(C(F)(F)F)cc4)C3)cc2n2cncc12. The van der Waals surface area contributed by atoms with E-state index in [4.69, 9.17) is 5.73 Å². The van der Waals surface area contributed by atoms with E-state index in [-0.39, 0.29) is 17.3 Å². The summed E-state index contributed by atoms with van der Waals surface area (Å²) in [5, 5.41) is 0. The van der Waals surface area contributed by atoms with Crippen LogP contribution in [0.5, 0.6) is 0 Å². The summed E-state index contributed by atoms with van der Waals surface area (Å²) in [6.07, 6.45) is 0.0426. The van der Waals surface area contributed by atoms with Gasteiger partial charge in [0.05, 0.1) is 34.7 Å². The first kappa shape index (κ1) is 21.2. The van der Waals surface area contributed by atoms with Gasteiger partial charge in [0.1, 0.15) is 17.2 Å². The second-order valence-corrected chi connectivity index (χ2v) is 8.18. The summed E-state index contributed by atoms with van der Waals surface area (Å²) >= 11 is 0. The number of hydrogen-bond acceptors (Lipinski definition) is 4. The number of amides is 1. The van der Waals surface area contributed by atoms with E-state index >= 15 is 0 Å². The van der Waals surface area contributed by atoms with Crippen LogP contribution in [0.15, 0.2) is 48.9 Å². The number of aromatic nitrogens is 3. The van der Waals surface area contributed by atoms with E-state index in [2.05, 4.69) is 9.97 Å². The molecule has 0 radical (unpaired) electrons. The first-order valence-electron chi connectivity index (χ1n) is 10.4. The van der Waals surface area contributed by atoms with E-state index in [1.807, 2.05) is 0 Å². The van der Waals surface area contributed by atoms with Gasteiger partial charge in [-0.2, -0.15) is 13.2 Å². The number of carbonyl (C=O) groups is 1. The predicted molar refractivity (Wildman–Crippen MR) is 114 cm³/mol. The Hall–Kier alpha value is -3.69. The van der Waals surface area contributed by atoms with Crippen molar-refractivity contribution in [2.24, 2.45) is 0 Å². The molecule has 0 saturated carbocycles. The van der Waals surface area contributed by atoms with E-state index in [0.717, 1.165) is 24.1 Å². The third kappa shape index (κ3) is 3.75. The Morgan fingerprint density at radius 1 is 1.12 bits per heavy atom. The van der Waals surface area contributed by atoms with E-state index in [1.165, 1.54) is 36.8 Å². The maximum atomic E-state index is 14.9. The Balaban J connectivity index is 1.44. The van der Waals surface area contributed by atoms with Crippen LogP contribution in [0.4, 0.5) is 23.4 Å². The molecule has 1 atom stereocenters. The van der Waals surface area contributed by atoms with Crippen LogP contribution in [-0.4, -0.2) is 38.3 Å². The number of carbonyl (C=O) groups excluding carboxylic acids is 1. The topological polar surface area (TPSA) is 76.5 Å². The Morgan fingerprint density at radius 3 is 2.61 bits per heavy atom. The average Bonchev–Trinajstić information content (AvgIpc) is 3.29. The average molecular weight is 457 g/mol. The Kier molecular flexibility index (Phi) is 4.95. The molecule has 4 aromatic rings. The zero-order chi connectivity index (χ0) is 23.3. The van der Waals surface area contributed by atoms with Crippen molar-refractivity contribution in [2.75, 3.05) is 18.8 Å². The molecule has 1 amide bonds. The van der Waals surface area contributed by atoms with Gasteiger partial charge in [0.2, 0.25) is 0 Å². The normalized spacial score (nSPS) is 17.1. The number of piperidine rings is 1. The number of hydrogen-bond donors (Lipinski definition) is 1.